The maximum absolute atomic E-state index is 12.7. The van der Waals surface area contributed by atoms with E-state index in [2.05, 4.69) is 19.2 Å². The van der Waals surface area contributed by atoms with Crippen molar-refractivity contribution < 1.29 is 24.1 Å². The van der Waals surface area contributed by atoms with Crippen LogP contribution in [0.3, 0.4) is 0 Å². The topological polar surface area (TPSA) is 89.9 Å². The normalized spacial score (nSPS) is 28.5. The van der Waals surface area contributed by atoms with Crippen LogP contribution >= 0.6 is 11.3 Å². The molecule has 2 aliphatic rings. The van der Waals surface area contributed by atoms with Crippen LogP contribution in [-0.2, 0) is 22.6 Å². The van der Waals surface area contributed by atoms with E-state index in [0.717, 1.165) is 41.5 Å². The van der Waals surface area contributed by atoms with Gasteiger partial charge in [-0.1, -0.05) is 20.8 Å². The van der Waals surface area contributed by atoms with Crippen LogP contribution in [0.1, 0.15) is 55.1 Å². The molecule has 0 aliphatic heterocycles. The van der Waals surface area contributed by atoms with E-state index in [9.17, 15) is 9.90 Å². The zero-order valence-electron chi connectivity index (χ0n) is 21.4. The first-order chi connectivity index (χ1) is 16.8. The number of amides is 1. The molecule has 0 bridgehead atoms. The van der Waals surface area contributed by atoms with Gasteiger partial charge in [-0.2, -0.15) is 0 Å². The Morgan fingerprint density at radius 3 is 2.69 bits per heavy atom. The van der Waals surface area contributed by atoms with Crippen molar-refractivity contribution in [2.45, 2.75) is 58.7 Å². The van der Waals surface area contributed by atoms with Gasteiger partial charge in [-0.3, -0.25) is 4.79 Å². The minimum Gasteiger partial charge on any atom is -0.497 e. The molecule has 2 N–H and O–H groups in total. The first-order valence-corrected chi connectivity index (χ1v) is 13.3. The fourth-order valence-corrected chi connectivity index (χ4v) is 7.39. The number of aromatic nitrogens is 1. The van der Waals surface area contributed by atoms with Crippen LogP contribution in [0.2, 0.25) is 0 Å². The SMILES string of the molecule is COCCNC(=O)[C@@H](C)C1CC[C@@]2(C)Cc3sc(COc4ccc(OC)cc4)nc3[C@@H](C)[C@@H]2[C@H]1O. The van der Waals surface area contributed by atoms with Gasteiger partial charge < -0.3 is 24.6 Å². The summed E-state index contributed by atoms with van der Waals surface area (Å²) in [6.07, 6.45) is 2.21. The molecule has 8 heteroatoms. The molecule has 35 heavy (non-hydrogen) atoms. The van der Waals surface area contributed by atoms with Gasteiger partial charge in [0.1, 0.15) is 23.1 Å². The maximum atomic E-state index is 12.7. The molecule has 1 amide bonds. The molecule has 0 saturated heterocycles. The van der Waals surface area contributed by atoms with Crippen molar-refractivity contribution in [2.24, 2.45) is 23.2 Å². The molecule has 6 atom stereocenters. The minimum absolute atomic E-state index is 0.00474. The van der Waals surface area contributed by atoms with E-state index in [1.807, 2.05) is 31.2 Å². The Kier molecular flexibility index (Phi) is 8.03. The van der Waals surface area contributed by atoms with E-state index in [1.165, 1.54) is 4.88 Å². The lowest BCUT2D eigenvalue weighted by atomic mass is 9.53. The van der Waals surface area contributed by atoms with E-state index in [4.69, 9.17) is 19.2 Å². The number of hydrogen-bond donors (Lipinski definition) is 2. The molecule has 0 radical (unpaired) electrons. The molecule has 7 nitrogen and oxygen atoms in total. The van der Waals surface area contributed by atoms with Crippen molar-refractivity contribution in [3.8, 4) is 11.5 Å². The third kappa shape index (κ3) is 5.34. The largest absolute Gasteiger partial charge is 0.497 e. The predicted octanol–water partition coefficient (Wildman–Crippen LogP) is 4.18. The summed E-state index contributed by atoms with van der Waals surface area (Å²) in [5, 5.41) is 15.4. The Morgan fingerprint density at radius 1 is 1.29 bits per heavy atom. The summed E-state index contributed by atoms with van der Waals surface area (Å²) in [7, 11) is 3.27. The fraction of sp³-hybridized carbons (Fsp3) is 0.630. The average molecular weight is 503 g/mol. The fourth-order valence-electron chi connectivity index (χ4n) is 6.11. The van der Waals surface area contributed by atoms with Gasteiger partial charge in [0.25, 0.3) is 0 Å². The monoisotopic (exact) mass is 502 g/mol. The number of carbonyl (C=O) groups excluding carboxylic acids is 1. The number of aliphatic hydroxyl groups excluding tert-OH is 1. The second-order valence-electron chi connectivity index (χ2n) is 10.3. The van der Waals surface area contributed by atoms with Gasteiger partial charge in [0.15, 0.2) is 0 Å². The number of thiazole rings is 1. The number of rotatable bonds is 9. The van der Waals surface area contributed by atoms with E-state index < -0.39 is 6.10 Å². The smallest absolute Gasteiger partial charge is 0.223 e. The van der Waals surface area contributed by atoms with Gasteiger partial charge in [0.05, 0.1) is 25.5 Å². The summed E-state index contributed by atoms with van der Waals surface area (Å²) in [6.45, 7) is 7.82. The molecule has 192 valence electrons. The zero-order chi connectivity index (χ0) is 25.2. The first kappa shape index (κ1) is 25.9. The number of hydrogen-bond acceptors (Lipinski definition) is 7. The molecule has 1 unspecified atom stereocenters. The number of fused-ring (bicyclic) bond motifs is 2. The molecule has 1 fully saturated rings. The van der Waals surface area contributed by atoms with E-state index in [0.29, 0.717) is 19.8 Å². The van der Waals surface area contributed by atoms with Crippen LogP contribution in [0, 0.1) is 23.2 Å². The molecule has 0 spiro atoms. The van der Waals surface area contributed by atoms with Crippen molar-refractivity contribution in [1.29, 1.82) is 0 Å². The average Bonchev–Trinajstić information content (AvgIpc) is 3.25. The van der Waals surface area contributed by atoms with Crippen molar-refractivity contribution in [3.63, 3.8) is 0 Å². The highest BCUT2D eigenvalue weighted by Gasteiger charge is 2.53. The summed E-state index contributed by atoms with van der Waals surface area (Å²) >= 11 is 1.73. The van der Waals surface area contributed by atoms with Crippen LogP contribution in [0.4, 0.5) is 0 Å². The summed E-state index contributed by atoms with van der Waals surface area (Å²) in [5.74, 6) is 1.45. The van der Waals surface area contributed by atoms with Crippen LogP contribution < -0.4 is 14.8 Å². The second kappa shape index (κ2) is 10.8. The van der Waals surface area contributed by atoms with Crippen molar-refractivity contribution >= 4 is 17.2 Å². The highest BCUT2D eigenvalue weighted by molar-refractivity contribution is 7.11. The van der Waals surface area contributed by atoms with Crippen LogP contribution in [-0.4, -0.2) is 49.5 Å². The van der Waals surface area contributed by atoms with Gasteiger partial charge in [-0.05, 0) is 60.8 Å². The third-order valence-electron chi connectivity index (χ3n) is 8.05. The van der Waals surface area contributed by atoms with Gasteiger partial charge in [0, 0.05) is 30.4 Å². The summed E-state index contributed by atoms with van der Waals surface area (Å²) in [4.78, 5) is 19.0. The summed E-state index contributed by atoms with van der Waals surface area (Å²) < 4.78 is 16.2. The van der Waals surface area contributed by atoms with Gasteiger partial charge >= 0.3 is 0 Å². The highest BCUT2D eigenvalue weighted by Crippen LogP contribution is 2.57. The van der Waals surface area contributed by atoms with Crippen LogP contribution in [0.25, 0.3) is 0 Å². The van der Waals surface area contributed by atoms with E-state index in [1.54, 1.807) is 25.6 Å². The van der Waals surface area contributed by atoms with E-state index in [-0.39, 0.29) is 35.0 Å². The molecule has 4 rings (SSSR count). The van der Waals surface area contributed by atoms with Gasteiger partial charge in [-0.15, -0.1) is 11.3 Å². The molecule has 1 heterocycles. The lowest BCUT2D eigenvalue weighted by Gasteiger charge is -2.53. The molecule has 2 aromatic rings. The highest BCUT2D eigenvalue weighted by atomic mass is 32.1. The Balaban J connectivity index is 1.46. The summed E-state index contributed by atoms with van der Waals surface area (Å²) in [5.41, 5.74) is 1.08. The summed E-state index contributed by atoms with van der Waals surface area (Å²) in [6, 6.07) is 7.56. The lowest BCUT2D eigenvalue weighted by Crippen LogP contribution is -2.53. The van der Waals surface area contributed by atoms with Crippen LogP contribution in [0.5, 0.6) is 11.5 Å². The predicted molar refractivity (Wildman–Crippen MR) is 136 cm³/mol. The Morgan fingerprint density at radius 2 is 2.00 bits per heavy atom. The Hall–Kier alpha value is -2.16. The number of methoxy groups -OCH3 is 2. The van der Waals surface area contributed by atoms with Gasteiger partial charge in [0.2, 0.25) is 5.91 Å². The lowest BCUT2D eigenvalue weighted by molar-refractivity contribution is -0.135. The number of ether oxygens (including phenoxy) is 3. The molecular weight excluding hydrogens is 464 g/mol. The standard InChI is InChI=1S/C27H38N2O5S/c1-16(26(31)28-12-13-32-4)20-10-11-27(3)14-21-24(17(2)23(27)25(20)30)29-22(35-21)15-34-19-8-6-18(33-5)7-9-19/h6-9,16-17,20,23,25,30H,10-15H2,1-5H3,(H,28,31)/t16-,17-,20?,23+,25-,27-/m0/s1. The number of nitrogens with one attached hydrogen (secondary N) is 1. The Bertz CT molecular complexity index is 1010. The molecule has 1 aromatic heterocycles. The van der Waals surface area contributed by atoms with Crippen molar-refractivity contribution in [3.05, 3.63) is 39.8 Å². The number of aliphatic hydroxyl groups is 1. The quantitative estimate of drug-likeness (QED) is 0.500. The minimum atomic E-state index is -0.541. The molecular formula is C27H38N2O5S. The van der Waals surface area contributed by atoms with Gasteiger partial charge in [-0.25, -0.2) is 4.98 Å². The first-order valence-electron chi connectivity index (χ1n) is 12.5. The van der Waals surface area contributed by atoms with Crippen molar-refractivity contribution in [2.75, 3.05) is 27.4 Å². The van der Waals surface area contributed by atoms with Crippen molar-refractivity contribution in [1.82, 2.24) is 10.3 Å². The number of carbonyl (C=O) groups is 1. The molecule has 2 aliphatic carbocycles. The molecule has 1 aromatic carbocycles. The maximum Gasteiger partial charge on any atom is 0.223 e. The van der Waals surface area contributed by atoms with Crippen LogP contribution in [0.15, 0.2) is 24.3 Å². The second-order valence-corrected chi connectivity index (χ2v) is 11.5. The zero-order valence-corrected chi connectivity index (χ0v) is 22.2. The number of nitrogens with zero attached hydrogens (tertiary/aromatic N) is 1. The Labute approximate surface area is 212 Å². The molecule has 1 saturated carbocycles. The third-order valence-corrected chi connectivity index (χ3v) is 9.09. The number of benzene rings is 1. The van der Waals surface area contributed by atoms with E-state index >= 15 is 0 Å².